The Morgan fingerprint density at radius 1 is 1.54 bits per heavy atom. The zero-order valence-corrected chi connectivity index (χ0v) is 8.58. The van der Waals surface area contributed by atoms with Crippen molar-refractivity contribution in [2.75, 3.05) is 7.11 Å². The predicted octanol–water partition coefficient (Wildman–Crippen LogP) is 2.05. The van der Waals surface area contributed by atoms with Gasteiger partial charge in [0.2, 0.25) is 0 Å². The number of nitrogen functional groups attached to an aromatic ring is 1. The van der Waals surface area contributed by atoms with Crippen molar-refractivity contribution >= 4 is 29.8 Å². The Morgan fingerprint density at radius 3 is 2.54 bits per heavy atom. The van der Waals surface area contributed by atoms with Crippen LogP contribution in [0.15, 0.2) is 18.2 Å². The number of methoxy groups -OCH3 is 1. The summed E-state index contributed by atoms with van der Waals surface area (Å²) in [7, 11) is 1.54. The van der Waals surface area contributed by atoms with Crippen LogP contribution < -0.4 is 10.5 Å². The van der Waals surface area contributed by atoms with Crippen molar-refractivity contribution in [2.45, 2.75) is 0 Å². The smallest absolute Gasteiger partial charge is 0.137 e. The number of rotatable bonds is 2. The van der Waals surface area contributed by atoms with Gasteiger partial charge in [-0.1, -0.05) is 11.6 Å². The second-order valence-electron chi connectivity index (χ2n) is 2.26. The van der Waals surface area contributed by atoms with E-state index >= 15 is 0 Å². The summed E-state index contributed by atoms with van der Waals surface area (Å²) in [5.74, 6) is 0.584. The van der Waals surface area contributed by atoms with E-state index in [1.54, 1.807) is 18.2 Å². The van der Waals surface area contributed by atoms with E-state index < -0.39 is 0 Å². The van der Waals surface area contributed by atoms with Gasteiger partial charge in [-0.25, -0.2) is 0 Å². The van der Waals surface area contributed by atoms with Gasteiger partial charge in [0.1, 0.15) is 11.6 Å². The first-order valence-corrected chi connectivity index (χ1v) is 3.71. The first-order chi connectivity index (χ1) is 5.65. The van der Waals surface area contributed by atoms with Crippen LogP contribution in [0, 0.1) is 5.41 Å². The first kappa shape index (κ1) is 12.1. The Morgan fingerprint density at radius 2 is 2.15 bits per heavy atom. The second kappa shape index (κ2) is 4.94. The van der Waals surface area contributed by atoms with E-state index in [0.29, 0.717) is 16.3 Å². The molecule has 3 N–H and O–H groups in total. The van der Waals surface area contributed by atoms with Crippen LogP contribution in [0.25, 0.3) is 0 Å². The zero-order valence-electron chi connectivity index (χ0n) is 7.00. The first-order valence-electron chi connectivity index (χ1n) is 3.33. The maximum Gasteiger partial charge on any atom is 0.137 e. The number of ether oxygens (including phenoxy) is 1. The van der Waals surface area contributed by atoms with Gasteiger partial charge in [-0.15, -0.1) is 12.4 Å². The molecule has 0 aliphatic heterocycles. The predicted molar refractivity (Wildman–Crippen MR) is 56.3 cm³/mol. The topological polar surface area (TPSA) is 59.1 Å². The van der Waals surface area contributed by atoms with Gasteiger partial charge >= 0.3 is 0 Å². The van der Waals surface area contributed by atoms with Crippen molar-refractivity contribution in [2.24, 2.45) is 5.73 Å². The quantitative estimate of drug-likeness (QED) is 0.593. The fourth-order valence-corrected chi connectivity index (χ4v) is 1.09. The Balaban J connectivity index is 0.00000144. The third-order valence-corrected chi connectivity index (χ3v) is 1.76. The van der Waals surface area contributed by atoms with Gasteiger partial charge in [-0.3, -0.25) is 5.41 Å². The third kappa shape index (κ3) is 2.79. The average Bonchev–Trinajstić information content (AvgIpc) is 2.04. The summed E-state index contributed by atoms with van der Waals surface area (Å²) in [5, 5.41) is 7.60. The van der Waals surface area contributed by atoms with Crippen molar-refractivity contribution in [1.82, 2.24) is 0 Å². The van der Waals surface area contributed by atoms with Crippen LogP contribution >= 0.6 is 24.0 Å². The molecular formula is C8H10Cl2N2O. The number of benzene rings is 1. The molecule has 5 heteroatoms. The monoisotopic (exact) mass is 220 g/mol. The van der Waals surface area contributed by atoms with E-state index in [2.05, 4.69) is 0 Å². The minimum atomic E-state index is -0.000414. The van der Waals surface area contributed by atoms with E-state index in [4.69, 9.17) is 27.5 Å². The summed E-state index contributed by atoms with van der Waals surface area (Å²) in [6, 6.07) is 4.97. The van der Waals surface area contributed by atoms with E-state index in [0.717, 1.165) is 0 Å². The standard InChI is InChI=1S/C8H9ClN2O.ClH/c1-12-7-3-2-5(8(10)11)4-6(7)9;/h2-4H,1H3,(H3,10,11);1H. The minimum absolute atomic E-state index is 0. The van der Waals surface area contributed by atoms with Crippen molar-refractivity contribution in [3.05, 3.63) is 28.8 Å². The number of nitrogens with one attached hydrogen (secondary N) is 1. The summed E-state index contributed by atoms with van der Waals surface area (Å²) in [6.07, 6.45) is 0. The molecule has 0 radical (unpaired) electrons. The molecule has 72 valence electrons. The second-order valence-corrected chi connectivity index (χ2v) is 2.67. The molecule has 3 nitrogen and oxygen atoms in total. The molecule has 13 heavy (non-hydrogen) atoms. The van der Waals surface area contributed by atoms with Crippen LogP contribution in [0.1, 0.15) is 5.56 Å². The summed E-state index contributed by atoms with van der Waals surface area (Å²) < 4.78 is 4.94. The molecule has 0 fully saturated rings. The summed E-state index contributed by atoms with van der Waals surface area (Å²) in [5.41, 5.74) is 5.86. The van der Waals surface area contributed by atoms with Gasteiger partial charge < -0.3 is 10.5 Å². The number of nitrogens with two attached hydrogens (primary N) is 1. The van der Waals surface area contributed by atoms with Crippen LogP contribution in [-0.4, -0.2) is 12.9 Å². The number of hydrogen-bond donors (Lipinski definition) is 2. The van der Waals surface area contributed by atoms with Crippen molar-refractivity contribution in [3.63, 3.8) is 0 Å². The van der Waals surface area contributed by atoms with Crippen LogP contribution in [0.3, 0.4) is 0 Å². The lowest BCUT2D eigenvalue weighted by Gasteiger charge is -2.03. The molecular weight excluding hydrogens is 211 g/mol. The van der Waals surface area contributed by atoms with E-state index in [1.807, 2.05) is 0 Å². The molecule has 0 saturated heterocycles. The number of amidine groups is 1. The Hall–Kier alpha value is -0.930. The average molecular weight is 221 g/mol. The highest BCUT2D eigenvalue weighted by atomic mass is 35.5. The number of hydrogen-bond acceptors (Lipinski definition) is 2. The van der Waals surface area contributed by atoms with E-state index in [9.17, 15) is 0 Å². The summed E-state index contributed by atoms with van der Waals surface area (Å²) >= 11 is 5.80. The van der Waals surface area contributed by atoms with Crippen LogP contribution in [0.5, 0.6) is 5.75 Å². The van der Waals surface area contributed by atoms with Crippen LogP contribution in [0.4, 0.5) is 0 Å². The van der Waals surface area contributed by atoms with Gasteiger partial charge in [0.15, 0.2) is 0 Å². The van der Waals surface area contributed by atoms with Gasteiger partial charge in [-0.05, 0) is 18.2 Å². The van der Waals surface area contributed by atoms with Gasteiger partial charge in [0.05, 0.1) is 12.1 Å². The third-order valence-electron chi connectivity index (χ3n) is 1.46. The van der Waals surface area contributed by atoms with E-state index in [-0.39, 0.29) is 18.2 Å². The highest BCUT2D eigenvalue weighted by Crippen LogP contribution is 2.24. The minimum Gasteiger partial charge on any atom is -0.495 e. The van der Waals surface area contributed by atoms with E-state index in [1.165, 1.54) is 7.11 Å². The maximum absolute atomic E-state index is 7.14. The lowest BCUT2D eigenvalue weighted by molar-refractivity contribution is 0.415. The molecule has 1 aromatic carbocycles. The Bertz CT molecular complexity index is 315. The lowest BCUT2D eigenvalue weighted by atomic mass is 10.2. The normalized spacial score (nSPS) is 8.77. The molecule has 0 heterocycles. The van der Waals surface area contributed by atoms with Gasteiger partial charge in [-0.2, -0.15) is 0 Å². The van der Waals surface area contributed by atoms with Crippen LogP contribution in [0.2, 0.25) is 5.02 Å². The van der Waals surface area contributed by atoms with Crippen molar-refractivity contribution in [3.8, 4) is 5.75 Å². The van der Waals surface area contributed by atoms with Gasteiger partial charge in [0.25, 0.3) is 0 Å². The maximum atomic E-state index is 7.14. The molecule has 0 amide bonds. The van der Waals surface area contributed by atoms with Crippen LogP contribution in [-0.2, 0) is 0 Å². The Labute approximate surface area is 87.8 Å². The zero-order chi connectivity index (χ0) is 9.14. The molecule has 0 bridgehead atoms. The molecule has 0 aliphatic carbocycles. The SMILES string of the molecule is COc1ccc(C(=N)N)cc1Cl.Cl. The fourth-order valence-electron chi connectivity index (χ4n) is 0.834. The largest absolute Gasteiger partial charge is 0.495 e. The van der Waals surface area contributed by atoms with Crippen molar-refractivity contribution in [1.29, 1.82) is 5.41 Å². The molecule has 0 aromatic heterocycles. The fraction of sp³-hybridized carbons (Fsp3) is 0.125. The lowest BCUT2D eigenvalue weighted by Crippen LogP contribution is -2.10. The Kier molecular flexibility index (Phi) is 4.59. The molecule has 0 saturated carbocycles. The molecule has 0 spiro atoms. The summed E-state index contributed by atoms with van der Waals surface area (Å²) in [6.45, 7) is 0. The molecule has 0 atom stereocenters. The molecule has 0 aliphatic rings. The highest BCUT2D eigenvalue weighted by Gasteiger charge is 2.02. The molecule has 1 aromatic rings. The number of halogens is 2. The van der Waals surface area contributed by atoms with Crippen molar-refractivity contribution < 1.29 is 4.74 Å². The molecule has 0 unspecified atom stereocenters. The molecule has 1 rings (SSSR count). The summed E-state index contributed by atoms with van der Waals surface area (Å²) in [4.78, 5) is 0. The highest BCUT2D eigenvalue weighted by molar-refractivity contribution is 6.32. The van der Waals surface area contributed by atoms with Gasteiger partial charge in [0, 0.05) is 5.56 Å².